The first-order valence-corrected chi connectivity index (χ1v) is 11.8. The Bertz CT molecular complexity index is 835. The van der Waals surface area contributed by atoms with Crippen molar-refractivity contribution in [2.45, 2.75) is 25.4 Å². The van der Waals surface area contributed by atoms with E-state index in [4.69, 9.17) is 23.2 Å². The molecule has 1 aromatic rings. The number of β-amino-alcohol motifs (C(OH)–C–C–N with tert-alkyl or cyclic N) is 1. The van der Waals surface area contributed by atoms with Crippen molar-refractivity contribution in [2.24, 2.45) is 5.92 Å². The zero-order valence-electron chi connectivity index (χ0n) is 18.1. The van der Waals surface area contributed by atoms with Crippen LogP contribution < -0.4 is 0 Å². The Morgan fingerprint density at radius 1 is 1.16 bits per heavy atom. The zero-order chi connectivity index (χ0) is 23.1. The minimum Gasteiger partial charge on any atom is -0.396 e. The minimum absolute atomic E-state index is 0.0558. The number of likely N-dealkylation sites (tertiary alicyclic amines) is 1. The van der Waals surface area contributed by atoms with Crippen molar-refractivity contribution in [3.8, 4) is 0 Å². The van der Waals surface area contributed by atoms with Crippen LogP contribution >= 0.6 is 23.2 Å². The lowest BCUT2D eigenvalue weighted by Gasteiger charge is -2.34. The number of nitrogens with zero attached hydrogens (tertiary/aromatic N) is 3. The highest BCUT2D eigenvalue weighted by molar-refractivity contribution is 6.42. The maximum absolute atomic E-state index is 12.6. The van der Waals surface area contributed by atoms with E-state index in [1.54, 1.807) is 34.1 Å². The largest absolute Gasteiger partial charge is 0.396 e. The number of benzene rings is 1. The van der Waals surface area contributed by atoms with E-state index < -0.39 is 6.10 Å². The summed E-state index contributed by atoms with van der Waals surface area (Å²) in [6.45, 7) is 3.72. The van der Waals surface area contributed by atoms with Crippen LogP contribution in [0.25, 0.3) is 6.08 Å². The average Bonchev–Trinajstić information content (AvgIpc) is 2.96. The van der Waals surface area contributed by atoms with Crippen LogP contribution in [0.5, 0.6) is 0 Å². The van der Waals surface area contributed by atoms with Crippen LogP contribution in [-0.2, 0) is 9.59 Å². The number of amides is 2. The Labute approximate surface area is 199 Å². The van der Waals surface area contributed by atoms with Gasteiger partial charge in [0.2, 0.25) is 11.8 Å². The van der Waals surface area contributed by atoms with E-state index in [1.807, 2.05) is 0 Å². The number of rotatable bonds is 7. The van der Waals surface area contributed by atoms with Crippen LogP contribution in [0.3, 0.4) is 0 Å². The zero-order valence-corrected chi connectivity index (χ0v) is 19.6. The summed E-state index contributed by atoms with van der Waals surface area (Å²) < 4.78 is 0. The summed E-state index contributed by atoms with van der Waals surface area (Å²) in [6.07, 6.45) is 4.74. The number of hydrogen-bond acceptors (Lipinski definition) is 5. The van der Waals surface area contributed by atoms with Crippen LogP contribution in [0.4, 0.5) is 0 Å². The number of halogens is 2. The standard InChI is InChI=1S/C23H31Cl2N3O4/c24-20-5-3-17(12-21(20)25)4-6-22(31)27-9-7-23(32)28(11-10-27)15-19(30)14-26-8-1-2-18(13-26)16-29/h3-6,12,18-19,29-30H,1-2,7-11,13-16H2/b6-4+. The Morgan fingerprint density at radius 2 is 1.97 bits per heavy atom. The molecule has 2 unspecified atom stereocenters. The molecule has 2 aliphatic rings. The number of piperidine rings is 1. The second kappa shape index (κ2) is 12.0. The Hall–Kier alpha value is -1.64. The number of hydrogen-bond donors (Lipinski definition) is 2. The fourth-order valence-electron chi connectivity index (χ4n) is 4.25. The molecule has 3 rings (SSSR count). The predicted molar refractivity (Wildman–Crippen MR) is 126 cm³/mol. The smallest absolute Gasteiger partial charge is 0.246 e. The lowest BCUT2D eigenvalue weighted by Crippen LogP contribution is -2.46. The van der Waals surface area contributed by atoms with Gasteiger partial charge in [0.1, 0.15) is 0 Å². The third-order valence-corrected chi connectivity index (χ3v) is 6.76. The van der Waals surface area contributed by atoms with Gasteiger partial charge in [-0.3, -0.25) is 9.59 Å². The van der Waals surface area contributed by atoms with Gasteiger partial charge in [0.15, 0.2) is 0 Å². The molecule has 0 aromatic heterocycles. The number of aliphatic hydroxyl groups is 2. The Kier molecular flexibility index (Phi) is 9.37. The molecule has 7 nitrogen and oxygen atoms in total. The van der Waals surface area contributed by atoms with E-state index in [0.717, 1.165) is 31.5 Å². The first-order chi connectivity index (χ1) is 15.4. The van der Waals surface area contributed by atoms with Crippen LogP contribution in [-0.4, -0.2) is 95.3 Å². The maximum Gasteiger partial charge on any atom is 0.246 e. The molecule has 2 saturated heterocycles. The molecule has 9 heteroatoms. The summed E-state index contributed by atoms with van der Waals surface area (Å²) in [5, 5.41) is 20.8. The molecule has 0 aliphatic carbocycles. The summed E-state index contributed by atoms with van der Waals surface area (Å²) in [5.74, 6) is 0.0293. The van der Waals surface area contributed by atoms with Gasteiger partial charge in [-0.25, -0.2) is 0 Å². The van der Waals surface area contributed by atoms with E-state index in [1.165, 1.54) is 6.08 Å². The highest BCUT2D eigenvalue weighted by Gasteiger charge is 2.26. The van der Waals surface area contributed by atoms with Crippen LogP contribution in [0.15, 0.2) is 24.3 Å². The summed E-state index contributed by atoms with van der Waals surface area (Å²) in [7, 11) is 0. The third-order valence-electron chi connectivity index (χ3n) is 6.02. The normalized spacial score (nSPS) is 21.8. The lowest BCUT2D eigenvalue weighted by molar-refractivity contribution is -0.132. The van der Waals surface area contributed by atoms with E-state index >= 15 is 0 Å². The Morgan fingerprint density at radius 3 is 2.72 bits per heavy atom. The van der Waals surface area contributed by atoms with Crippen molar-refractivity contribution in [3.63, 3.8) is 0 Å². The van der Waals surface area contributed by atoms with Crippen LogP contribution in [0.2, 0.25) is 10.0 Å². The van der Waals surface area contributed by atoms with Gasteiger partial charge in [-0.05, 0) is 49.1 Å². The molecule has 2 aliphatic heterocycles. The molecular weight excluding hydrogens is 453 g/mol. The molecule has 0 bridgehead atoms. The van der Waals surface area contributed by atoms with Crippen molar-refractivity contribution >= 4 is 41.1 Å². The molecule has 0 saturated carbocycles. The van der Waals surface area contributed by atoms with E-state index in [9.17, 15) is 19.8 Å². The summed E-state index contributed by atoms with van der Waals surface area (Å²) in [5.41, 5.74) is 0.768. The molecule has 1 aromatic carbocycles. The first-order valence-electron chi connectivity index (χ1n) is 11.1. The fraction of sp³-hybridized carbons (Fsp3) is 0.565. The van der Waals surface area contributed by atoms with Crippen LogP contribution in [0, 0.1) is 5.92 Å². The quantitative estimate of drug-likeness (QED) is 0.580. The molecule has 32 heavy (non-hydrogen) atoms. The summed E-state index contributed by atoms with van der Waals surface area (Å²) in [4.78, 5) is 30.6. The van der Waals surface area contributed by atoms with E-state index in [0.29, 0.717) is 36.2 Å². The highest BCUT2D eigenvalue weighted by Crippen LogP contribution is 2.23. The van der Waals surface area contributed by atoms with Crippen molar-refractivity contribution in [2.75, 3.05) is 52.4 Å². The third kappa shape index (κ3) is 7.18. The van der Waals surface area contributed by atoms with Gasteiger partial charge < -0.3 is 24.9 Å². The van der Waals surface area contributed by atoms with Crippen molar-refractivity contribution in [3.05, 3.63) is 39.9 Å². The molecule has 2 heterocycles. The minimum atomic E-state index is -0.659. The van der Waals surface area contributed by atoms with Crippen molar-refractivity contribution in [1.82, 2.24) is 14.7 Å². The van der Waals surface area contributed by atoms with Gasteiger partial charge in [0.25, 0.3) is 0 Å². The summed E-state index contributed by atoms with van der Waals surface area (Å²) >= 11 is 11.9. The lowest BCUT2D eigenvalue weighted by atomic mass is 9.99. The number of aliphatic hydroxyl groups excluding tert-OH is 2. The van der Waals surface area contributed by atoms with Gasteiger partial charge in [-0.1, -0.05) is 29.3 Å². The molecule has 176 valence electrons. The van der Waals surface area contributed by atoms with Gasteiger partial charge in [-0.2, -0.15) is 0 Å². The molecule has 2 fully saturated rings. The Balaban J connectivity index is 1.50. The fourth-order valence-corrected chi connectivity index (χ4v) is 4.55. The molecule has 2 amide bonds. The van der Waals surface area contributed by atoms with Gasteiger partial charge in [-0.15, -0.1) is 0 Å². The molecule has 2 atom stereocenters. The SMILES string of the molecule is O=C(/C=C/c1ccc(Cl)c(Cl)c1)N1CCC(=O)N(CC(O)CN2CCCC(CO)C2)CC1. The van der Waals surface area contributed by atoms with Crippen molar-refractivity contribution in [1.29, 1.82) is 0 Å². The number of carbonyl (C=O) groups excluding carboxylic acids is 2. The predicted octanol–water partition coefficient (Wildman–Crippen LogP) is 2.13. The molecule has 0 radical (unpaired) electrons. The summed E-state index contributed by atoms with van der Waals surface area (Å²) in [6, 6.07) is 5.14. The van der Waals surface area contributed by atoms with E-state index in [2.05, 4.69) is 4.90 Å². The number of carbonyl (C=O) groups is 2. The molecule has 0 spiro atoms. The monoisotopic (exact) mass is 483 g/mol. The van der Waals surface area contributed by atoms with Gasteiger partial charge in [0, 0.05) is 58.4 Å². The first kappa shape index (κ1) is 25.0. The van der Waals surface area contributed by atoms with E-state index in [-0.39, 0.29) is 37.3 Å². The highest BCUT2D eigenvalue weighted by atomic mass is 35.5. The maximum atomic E-state index is 12.6. The van der Waals surface area contributed by atoms with Gasteiger partial charge >= 0.3 is 0 Å². The van der Waals surface area contributed by atoms with Crippen molar-refractivity contribution < 1.29 is 19.8 Å². The second-order valence-electron chi connectivity index (χ2n) is 8.53. The van der Waals surface area contributed by atoms with Crippen LogP contribution in [0.1, 0.15) is 24.8 Å². The van der Waals surface area contributed by atoms with Gasteiger partial charge in [0.05, 0.1) is 16.1 Å². The topological polar surface area (TPSA) is 84.3 Å². The average molecular weight is 484 g/mol. The molecular formula is C23H31Cl2N3O4. The second-order valence-corrected chi connectivity index (χ2v) is 9.34. The molecule has 2 N–H and O–H groups in total.